The van der Waals surface area contributed by atoms with Crippen LogP contribution in [-0.4, -0.2) is 40.3 Å². The van der Waals surface area contributed by atoms with Gasteiger partial charge in [-0.15, -0.1) is 0 Å². The van der Waals surface area contributed by atoms with Gasteiger partial charge in [-0.1, -0.05) is 0 Å². The molecule has 1 saturated heterocycles. The molecule has 2 bridgehead atoms. The Hall–Kier alpha value is -0.650. The van der Waals surface area contributed by atoms with E-state index in [2.05, 4.69) is 0 Å². The van der Waals surface area contributed by atoms with Crippen LogP contribution < -0.4 is 0 Å². The Bertz CT molecular complexity index is 347. The van der Waals surface area contributed by atoms with E-state index < -0.39 is 17.9 Å². The van der Waals surface area contributed by atoms with Gasteiger partial charge in [0.25, 0.3) is 0 Å². The second-order valence-electron chi connectivity index (χ2n) is 5.98. The lowest BCUT2D eigenvalue weighted by molar-refractivity contribution is -0.180. The highest BCUT2D eigenvalue weighted by Gasteiger charge is 2.62. The van der Waals surface area contributed by atoms with Gasteiger partial charge >= 0.3 is 5.97 Å². The molecule has 1 aliphatic heterocycles. The fraction of sp³-hybridized carbons (Fsp3) is 0.917. The number of carbonyl (C=O) groups is 1. The van der Waals surface area contributed by atoms with Gasteiger partial charge in [-0.2, -0.15) is 0 Å². The molecule has 5 heteroatoms. The van der Waals surface area contributed by atoms with E-state index in [1.54, 1.807) is 0 Å². The van der Waals surface area contributed by atoms with Crippen LogP contribution in [0, 0.1) is 17.8 Å². The second-order valence-corrected chi connectivity index (χ2v) is 5.98. The Labute approximate surface area is 99.7 Å². The van der Waals surface area contributed by atoms with Gasteiger partial charge in [0.05, 0.1) is 0 Å². The van der Waals surface area contributed by atoms with Gasteiger partial charge < -0.3 is 19.7 Å². The summed E-state index contributed by atoms with van der Waals surface area (Å²) in [6.45, 7) is 2.82. The summed E-state index contributed by atoms with van der Waals surface area (Å²) in [7, 11) is 0. The average molecular weight is 242 g/mol. The van der Waals surface area contributed by atoms with Crippen LogP contribution >= 0.6 is 0 Å². The van der Waals surface area contributed by atoms with Crippen LogP contribution in [0.5, 0.6) is 0 Å². The Kier molecular flexibility index (Phi) is 2.31. The number of rotatable bonds is 2. The lowest BCUT2D eigenvalue weighted by Gasteiger charge is -2.28. The molecular formula is C12H18O5. The molecule has 96 valence electrons. The molecule has 6 atom stereocenters. The standard InChI is InChI=1S/C12H18O5/c1-12(2,15)11(14)17-8-5-3-6-7(4-5)10(13)16-9(6)8/h5-10,13,15H,3-4H2,1-2H3/t5?,6?,7?,8?,9-,10?/m0/s1. The van der Waals surface area contributed by atoms with E-state index in [0.29, 0.717) is 5.92 Å². The van der Waals surface area contributed by atoms with Crippen LogP contribution in [0.4, 0.5) is 0 Å². The molecule has 5 nitrogen and oxygen atoms in total. The molecule has 5 unspecified atom stereocenters. The summed E-state index contributed by atoms with van der Waals surface area (Å²) in [6.07, 6.45) is 0.621. The van der Waals surface area contributed by atoms with Crippen LogP contribution in [0.3, 0.4) is 0 Å². The molecule has 3 fully saturated rings. The number of ether oxygens (including phenoxy) is 2. The molecular weight excluding hydrogens is 224 g/mol. The maximum Gasteiger partial charge on any atom is 0.337 e. The predicted molar refractivity (Wildman–Crippen MR) is 56.8 cm³/mol. The first-order chi connectivity index (χ1) is 7.88. The van der Waals surface area contributed by atoms with Crippen molar-refractivity contribution in [2.45, 2.75) is 50.8 Å². The highest BCUT2D eigenvalue weighted by Crippen LogP contribution is 2.56. The highest BCUT2D eigenvalue weighted by atomic mass is 16.6. The van der Waals surface area contributed by atoms with E-state index in [0.717, 1.165) is 12.8 Å². The number of carbonyl (C=O) groups excluding carboxylic acids is 1. The Morgan fingerprint density at radius 2 is 2.00 bits per heavy atom. The first-order valence-electron chi connectivity index (χ1n) is 6.15. The van der Waals surface area contributed by atoms with Crippen LogP contribution in [-0.2, 0) is 14.3 Å². The van der Waals surface area contributed by atoms with E-state index in [1.807, 2.05) is 0 Å². The summed E-state index contributed by atoms with van der Waals surface area (Å²) < 4.78 is 10.8. The minimum Gasteiger partial charge on any atom is -0.457 e. The fourth-order valence-corrected chi connectivity index (χ4v) is 3.50. The highest BCUT2D eigenvalue weighted by molar-refractivity contribution is 5.78. The zero-order chi connectivity index (χ0) is 12.4. The van der Waals surface area contributed by atoms with Crippen molar-refractivity contribution in [3.05, 3.63) is 0 Å². The van der Waals surface area contributed by atoms with Crippen LogP contribution in [0.1, 0.15) is 26.7 Å². The number of fused-ring (bicyclic) bond motifs is 1. The molecule has 3 aliphatic rings. The molecule has 0 amide bonds. The molecule has 0 aromatic carbocycles. The molecule has 0 radical (unpaired) electrons. The van der Waals surface area contributed by atoms with Crippen molar-refractivity contribution < 1.29 is 24.5 Å². The quantitative estimate of drug-likeness (QED) is 0.669. The third-order valence-corrected chi connectivity index (χ3v) is 4.32. The van der Waals surface area contributed by atoms with E-state index in [1.165, 1.54) is 13.8 Å². The van der Waals surface area contributed by atoms with Crippen molar-refractivity contribution in [2.75, 3.05) is 0 Å². The van der Waals surface area contributed by atoms with E-state index in [-0.39, 0.29) is 24.0 Å². The molecule has 2 saturated carbocycles. The summed E-state index contributed by atoms with van der Waals surface area (Å²) in [5.41, 5.74) is -1.47. The zero-order valence-corrected chi connectivity index (χ0v) is 10.00. The SMILES string of the molecule is CC(C)(O)C(=O)OC1C2CC3C(O)O[C@H]1C3C2. The Morgan fingerprint density at radius 3 is 2.65 bits per heavy atom. The van der Waals surface area contributed by atoms with Crippen molar-refractivity contribution >= 4 is 5.97 Å². The topological polar surface area (TPSA) is 76.0 Å². The van der Waals surface area contributed by atoms with Gasteiger partial charge in [-0.25, -0.2) is 4.79 Å². The summed E-state index contributed by atoms with van der Waals surface area (Å²) in [6, 6.07) is 0. The van der Waals surface area contributed by atoms with Crippen molar-refractivity contribution in [3.8, 4) is 0 Å². The van der Waals surface area contributed by atoms with Crippen LogP contribution in [0.2, 0.25) is 0 Å². The van der Waals surface area contributed by atoms with E-state index in [9.17, 15) is 15.0 Å². The minimum absolute atomic E-state index is 0.181. The lowest BCUT2D eigenvalue weighted by Crippen LogP contribution is -2.42. The molecule has 0 spiro atoms. The van der Waals surface area contributed by atoms with Gasteiger partial charge in [0.1, 0.15) is 12.2 Å². The van der Waals surface area contributed by atoms with Gasteiger partial charge in [0.2, 0.25) is 0 Å². The van der Waals surface area contributed by atoms with Gasteiger partial charge in [-0.3, -0.25) is 0 Å². The Morgan fingerprint density at radius 1 is 1.35 bits per heavy atom. The summed E-state index contributed by atoms with van der Waals surface area (Å²) in [4.78, 5) is 11.7. The van der Waals surface area contributed by atoms with Crippen molar-refractivity contribution in [3.63, 3.8) is 0 Å². The summed E-state index contributed by atoms with van der Waals surface area (Å²) >= 11 is 0. The normalized spacial score (nSPS) is 47.5. The molecule has 2 N–H and O–H groups in total. The fourth-order valence-electron chi connectivity index (χ4n) is 3.50. The summed E-state index contributed by atoms with van der Waals surface area (Å²) in [5, 5.41) is 19.3. The third kappa shape index (κ3) is 1.60. The first kappa shape index (κ1) is 11.4. The van der Waals surface area contributed by atoms with Gasteiger partial charge in [0.15, 0.2) is 11.9 Å². The number of aliphatic hydroxyl groups is 2. The molecule has 17 heavy (non-hydrogen) atoms. The van der Waals surface area contributed by atoms with Crippen LogP contribution in [0.25, 0.3) is 0 Å². The van der Waals surface area contributed by atoms with Gasteiger partial charge in [0, 0.05) is 5.92 Å². The maximum absolute atomic E-state index is 11.7. The molecule has 0 aromatic rings. The maximum atomic E-state index is 11.7. The third-order valence-electron chi connectivity index (χ3n) is 4.32. The van der Waals surface area contributed by atoms with Crippen LogP contribution in [0.15, 0.2) is 0 Å². The molecule has 2 aliphatic carbocycles. The first-order valence-corrected chi connectivity index (χ1v) is 6.15. The molecule has 3 rings (SSSR count). The largest absolute Gasteiger partial charge is 0.457 e. The van der Waals surface area contributed by atoms with Crippen molar-refractivity contribution in [2.24, 2.45) is 17.8 Å². The lowest BCUT2D eigenvalue weighted by atomic mass is 9.87. The number of aliphatic hydroxyl groups excluding tert-OH is 1. The molecule has 0 aromatic heterocycles. The molecule has 1 heterocycles. The minimum atomic E-state index is -1.47. The number of hydrogen-bond acceptors (Lipinski definition) is 5. The zero-order valence-electron chi connectivity index (χ0n) is 10.00. The number of hydrogen-bond donors (Lipinski definition) is 2. The number of esters is 1. The van der Waals surface area contributed by atoms with Crippen molar-refractivity contribution in [1.82, 2.24) is 0 Å². The average Bonchev–Trinajstić information content (AvgIpc) is 2.80. The van der Waals surface area contributed by atoms with Crippen molar-refractivity contribution in [1.29, 1.82) is 0 Å². The van der Waals surface area contributed by atoms with Gasteiger partial charge in [-0.05, 0) is 38.5 Å². The van der Waals surface area contributed by atoms with E-state index >= 15 is 0 Å². The second kappa shape index (κ2) is 3.43. The predicted octanol–water partition coefficient (Wildman–Crippen LogP) is 0.0423. The van der Waals surface area contributed by atoms with E-state index in [4.69, 9.17) is 9.47 Å². The Balaban J connectivity index is 1.73. The smallest absolute Gasteiger partial charge is 0.337 e. The summed E-state index contributed by atoms with van der Waals surface area (Å²) in [5.74, 6) is 0.187. The monoisotopic (exact) mass is 242 g/mol.